The van der Waals surface area contributed by atoms with Gasteiger partial charge in [0.1, 0.15) is 0 Å². The van der Waals surface area contributed by atoms with Crippen molar-refractivity contribution in [1.29, 1.82) is 0 Å². The fourth-order valence-corrected chi connectivity index (χ4v) is 2.65. The molecule has 0 bridgehead atoms. The van der Waals surface area contributed by atoms with E-state index >= 15 is 0 Å². The van der Waals surface area contributed by atoms with Gasteiger partial charge in [-0.25, -0.2) is 0 Å². The molecule has 76 valence electrons. The van der Waals surface area contributed by atoms with Gasteiger partial charge in [-0.2, -0.15) is 0 Å². The molecule has 2 heteroatoms. The van der Waals surface area contributed by atoms with Gasteiger partial charge in [-0.05, 0) is 58.3 Å². The molecule has 2 nitrogen and oxygen atoms in total. The maximum absolute atomic E-state index is 3.49. The van der Waals surface area contributed by atoms with Gasteiger partial charge in [0, 0.05) is 6.04 Å². The molecule has 1 unspecified atom stereocenters. The Morgan fingerprint density at radius 1 is 0.846 bits per heavy atom. The highest BCUT2D eigenvalue weighted by Crippen LogP contribution is 2.18. The van der Waals surface area contributed by atoms with E-state index in [2.05, 4.69) is 10.2 Å². The highest BCUT2D eigenvalue weighted by molar-refractivity contribution is 4.78. The van der Waals surface area contributed by atoms with Crippen molar-refractivity contribution in [2.24, 2.45) is 0 Å². The smallest absolute Gasteiger partial charge is 0.0108 e. The van der Waals surface area contributed by atoms with Crippen molar-refractivity contribution >= 4 is 0 Å². The largest absolute Gasteiger partial charge is 0.317 e. The average Bonchev–Trinajstić information content (AvgIpc) is 2.47. The molecule has 2 saturated heterocycles. The molecule has 0 aromatic heterocycles. The fourth-order valence-electron chi connectivity index (χ4n) is 2.65. The van der Waals surface area contributed by atoms with E-state index in [1.54, 1.807) is 0 Å². The van der Waals surface area contributed by atoms with E-state index in [1.807, 2.05) is 0 Å². The molecule has 0 aliphatic carbocycles. The highest BCUT2D eigenvalue weighted by atomic mass is 15.2. The lowest BCUT2D eigenvalue weighted by molar-refractivity contribution is 0.151. The van der Waals surface area contributed by atoms with Crippen molar-refractivity contribution in [1.82, 2.24) is 10.2 Å². The molecule has 2 heterocycles. The molecule has 0 amide bonds. The molecule has 2 aliphatic rings. The van der Waals surface area contributed by atoms with Gasteiger partial charge in [0.25, 0.3) is 0 Å². The normalized spacial score (nSPS) is 32.8. The number of rotatable bonds is 1. The zero-order chi connectivity index (χ0) is 8.93. The Kier molecular flexibility index (Phi) is 3.62. The van der Waals surface area contributed by atoms with Crippen LogP contribution in [0.4, 0.5) is 0 Å². The van der Waals surface area contributed by atoms with Crippen LogP contribution in [0, 0.1) is 0 Å². The molecule has 2 rings (SSSR count). The number of hydrogen-bond donors (Lipinski definition) is 1. The van der Waals surface area contributed by atoms with E-state index in [1.165, 1.54) is 64.7 Å². The molecule has 0 radical (unpaired) electrons. The van der Waals surface area contributed by atoms with E-state index in [4.69, 9.17) is 0 Å². The Labute approximate surface area is 81.7 Å². The van der Waals surface area contributed by atoms with Gasteiger partial charge in [0.15, 0.2) is 0 Å². The fraction of sp³-hybridized carbons (Fsp3) is 1.00. The Bertz CT molecular complexity index is 133. The summed E-state index contributed by atoms with van der Waals surface area (Å²) in [7, 11) is 0. The predicted octanol–water partition coefficient (Wildman–Crippen LogP) is 1.61. The topological polar surface area (TPSA) is 15.3 Å². The summed E-state index contributed by atoms with van der Waals surface area (Å²) in [6, 6.07) is 0.898. The molecule has 0 aromatic carbocycles. The SMILES string of the molecule is C1CCN(C2CCCNCC2)CC1. The molecule has 0 saturated carbocycles. The van der Waals surface area contributed by atoms with Crippen molar-refractivity contribution in [3.8, 4) is 0 Å². The summed E-state index contributed by atoms with van der Waals surface area (Å²) in [5.41, 5.74) is 0. The van der Waals surface area contributed by atoms with E-state index in [0.717, 1.165) is 6.04 Å². The molecule has 2 fully saturated rings. The minimum atomic E-state index is 0.898. The van der Waals surface area contributed by atoms with Gasteiger partial charge in [-0.3, -0.25) is 0 Å². The third-order valence-corrected chi connectivity index (χ3v) is 3.45. The standard InChI is InChI=1S/C11H22N2/c1-2-9-13(10-3-1)11-5-4-7-12-8-6-11/h11-12H,1-10H2. The van der Waals surface area contributed by atoms with Gasteiger partial charge in [0.2, 0.25) is 0 Å². The van der Waals surface area contributed by atoms with Gasteiger partial charge in [0.05, 0.1) is 0 Å². The second-order valence-electron chi connectivity index (χ2n) is 4.43. The Morgan fingerprint density at radius 3 is 2.54 bits per heavy atom. The molecular formula is C11H22N2. The number of hydrogen-bond acceptors (Lipinski definition) is 2. The quantitative estimate of drug-likeness (QED) is 0.663. The monoisotopic (exact) mass is 182 g/mol. The van der Waals surface area contributed by atoms with Gasteiger partial charge in [-0.1, -0.05) is 6.42 Å². The summed E-state index contributed by atoms with van der Waals surface area (Å²) in [5, 5.41) is 3.49. The first-order valence-electron chi connectivity index (χ1n) is 5.91. The third kappa shape index (κ3) is 2.68. The van der Waals surface area contributed by atoms with E-state index in [-0.39, 0.29) is 0 Å². The Hall–Kier alpha value is -0.0800. The Morgan fingerprint density at radius 2 is 1.69 bits per heavy atom. The molecule has 2 aliphatic heterocycles. The zero-order valence-electron chi connectivity index (χ0n) is 8.60. The van der Waals surface area contributed by atoms with Crippen LogP contribution in [0.1, 0.15) is 38.5 Å². The first kappa shape index (κ1) is 9.47. The van der Waals surface area contributed by atoms with Crippen molar-refractivity contribution in [2.75, 3.05) is 26.2 Å². The summed E-state index contributed by atoms with van der Waals surface area (Å²) in [6.07, 6.45) is 8.50. The first-order chi connectivity index (χ1) is 6.47. The maximum atomic E-state index is 3.49. The second-order valence-corrected chi connectivity index (χ2v) is 4.43. The average molecular weight is 182 g/mol. The van der Waals surface area contributed by atoms with Gasteiger partial charge < -0.3 is 10.2 Å². The van der Waals surface area contributed by atoms with Crippen LogP contribution >= 0.6 is 0 Å². The van der Waals surface area contributed by atoms with Crippen LogP contribution < -0.4 is 5.32 Å². The summed E-state index contributed by atoms with van der Waals surface area (Å²) in [6.45, 7) is 5.21. The van der Waals surface area contributed by atoms with Crippen LogP contribution in [0.15, 0.2) is 0 Å². The molecule has 0 spiro atoms. The van der Waals surface area contributed by atoms with Crippen LogP contribution in [0.25, 0.3) is 0 Å². The number of likely N-dealkylation sites (tertiary alicyclic amines) is 1. The third-order valence-electron chi connectivity index (χ3n) is 3.45. The van der Waals surface area contributed by atoms with Crippen LogP contribution in [-0.2, 0) is 0 Å². The van der Waals surface area contributed by atoms with Crippen LogP contribution in [0.5, 0.6) is 0 Å². The summed E-state index contributed by atoms with van der Waals surface area (Å²) in [4.78, 5) is 2.73. The zero-order valence-corrected chi connectivity index (χ0v) is 8.60. The van der Waals surface area contributed by atoms with Crippen LogP contribution in [0.2, 0.25) is 0 Å². The molecule has 1 N–H and O–H groups in total. The van der Waals surface area contributed by atoms with Gasteiger partial charge >= 0.3 is 0 Å². The lowest BCUT2D eigenvalue weighted by Crippen LogP contribution is -2.39. The van der Waals surface area contributed by atoms with Crippen LogP contribution in [0.3, 0.4) is 0 Å². The minimum Gasteiger partial charge on any atom is -0.317 e. The second kappa shape index (κ2) is 4.97. The predicted molar refractivity (Wildman–Crippen MR) is 55.9 cm³/mol. The van der Waals surface area contributed by atoms with Gasteiger partial charge in [-0.15, -0.1) is 0 Å². The molecule has 13 heavy (non-hydrogen) atoms. The van der Waals surface area contributed by atoms with E-state index in [0.29, 0.717) is 0 Å². The molecule has 0 aromatic rings. The van der Waals surface area contributed by atoms with Crippen LogP contribution in [-0.4, -0.2) is 37.1 Å². The van der Waals surface area contributed by atoms with E-state index < -0.39 is 0 Å². The lowest BCUT2D eigenvalue weighted by atomic mass is 10.0. The van der Waals surface area contributed by atoms with E-state index in [9.17, 15) is 0 Å². The van der Waals surface area contributed by atoms with Crippen molar-refractivity contribution < 1.29 is 0 Å². The van der Waals surface area contributed by atoms with Crippen molar-refractivity contribution in [3.63, 3.8) is 0 Å². The molecular weight excluding hydrogens is 160 g/mol. The maximum Gasteiger partial charge on any atom is 0.0108 e. The Balaban J connectivity index is 1.82. The summed E-state index contributed by atoms with van der Waals surface area (Å²) >= 11 is 0. The number of nitrogens with zero attached hydrogens (tertiary/aromatic N) is 1. The highest BCUT2D eigenvalue weighted by Gasteiger charge is 2.20. The minimum absolute atomic E-state index is 0.898. The molecule has 1 atom stereocenters. The summed E-state index contributed by atoms with van der Waals surface area (Å²) in [5.74, 6) is 0. The number of nitrogens with one attached hydrogen (secondary N) is 1. The lowest BCUT2D eigenvalue weighted by Gasteiger charge is -2.33. The summed E-state index contributed by atoms with van der Waals surface area (Å²) < 4.78 is 0. The van der Waals surface area contributed by atoms with Crippen molar-refractivity contribution in [2.45, 2.75) is 44.6 Å². The van der Waals surface area contributed by atoms with Crippen molar-refractivity contribution in [3.05, 3.63) is 0 Å². The number of piperidine rings is 1. The first-order valence-corrected chi connectivity index (χ1v) is 5.91.